The van der Waals surface area contributed by atoms with E-state index in [0.29, 0.717) is 31.9 Å². The number of carbonyl (C=O) groups is 2. The molecule has 2 aliphatic rings. The average molecular weight is 410 g/mol. The summed E-state index contributed by atoms with van der Waals surface area (Å²) in [6.45, 7) is 2.16. The second kappa shape index (κ2) is 9.24. The minimum Gasteiger partial charge on any atom is -0.350 e. The molecule has 1 aromatic carbocycles. The van der Waals surface area contributed by atoms with Gasteiger partial charge in [-0.1, -0.05) is 23.8 Å². The highest BCUT2D eigenvalue weighted by Gasteiger charge is 2.26. The summed E-state index contributed by atoms with van der Waals surface area (Å²) in [6, 6.07) is 7.75. The van der Waals surface area contributed by atoms with Gasteiger partial charge in [0.25, 0.3) is 11.8 Å². The molecule has 0 bridgehead atoms. The summed E-state index contributed by atoms with van der Waals surface area (Å²) < 4.78 is 14.8. The van der Waals surface area contributed by atoms with Gasteiger partial charge in [-0.15, -0.1) is 0 Å². The van der Waals surface area contributed by atoms with Gasteiger partial charge in [0.2, 0.25) is 0 Å². The number of fused-ring (bicyclic) bond motifs is 1. The molecule has 2 amide bonds. The third kappa shape index (κ3) is 4.78. The number of benzene rings is 1. The zero-order valence-corrected chi connectivity index (χ0v) is 17.1. The van der Waals surface area contributed by atoms with Gasteiger partial charge >= 0.3 is 0 Å². The van der Waals surface area contributed by atoms with Gasteiger partial charge in [0.15, 0.2) is 5.69 Å². The Bertz CT molecular complexity index is 949. The van der Waals surface area contributed by atoms with E-state index < -0.39 is 0 Å². The first-order valence-corrected chi connectivity index (χ1v) is 10.7. The predicted octanol–water partition coefficient (Wildman–Crippen LogP) is 3.69. The predicted molar refractivity (Wildman–Crippen MR) is 111 cm³/mol. The summed E-state index contributed by atoms with van der Waals surface area (Å²) in [7, 11) is 0. The lowest BCUT2D eigenvalue weighted by molar-refractivity contribution is 0.0745. The number of aromatic nitrogens is 2. The van der Waals surface area contributed by atoms with Crippen molar-refractivity contribution < 1.29 is 14.0 Å². The molecular weight excluding hydrogens is 383 g/mol. The van der Waals surface area contributed by atoms with Crippen molar-refractivity contribution in [3.8, 4) is 0 Å². The van der Waals surface area contributed by atoms with Gasteiger partial charge in [-0.25, -0.2) is 4.39 Å². The van der Waals surface area contributed by atoms with Gasteiger partial charge in [-0.2, -0.15) is 5.10 Å². The van der Waals surface area contributed by atoms with Crippen LogP contribution in [0.5, 0.6) is 0 Å². The first-order valence-electron chi connectivity index (χ1n) is 10.7. The van der Waals surface area contributed by atoms with Crippen molar-refractivity contribution in [3.63, 3.8) is 0 Å². The number of rotatable bonds is 6. The smallest absolute Gasteiger partial charge is 0.272 e. The van der Waals surface area contributed by atoms with E-state index in [9.17, 15) is 14.0 Å². The average Bonchev–Trinajstić information content (AvgIpc) is 3.13. The Kier molecular flexibility index (Phi) is 6.26. The van der Waals surface area contributed by atoms with Crippen molar-refractivity contribution in [3.05, 3.63) is 64.7 Å². The summed E-state index contributed by atoms with van der Waals surface area (Å²) in [5.41, 5.74) is 2.98. The molecule has 6 nitrogen and oxygen atoms in total. The molecule has 7 heteroatoms. The van der Waals surface area contributed by atoms with E-state index in [1.54, 1.807) is 27.8 Å². The van der Waals surface area contributed by atoms with E-state index in [1.165, 1.54) is 30.5 Å². The van der Waals surface area contributed by atoms with E-state index in [4.69, 9.17) is 0 Å². The van der Waals surface area contributed by atoms with E-state index in [-0.39, 0.29) is 23.3 Å². The van der Waals surface area contributed by atoms with Gasteiger partial charge in [-0.3, -0.25) is 14.3 Å². The third-order valence-corrected chi connectivity index (χ3v) is 5.72. The van der Waals surface area contributed by atoms with Crippen LogP contribution in [-0.2, 0) is 13.1 Å². The molecule has 1 aromatic heterocycles. The van der Waals surface area contributed by atoms with Crippen LogP contribution in [0.4, 0.5) is 4.39 Å². The van der Waals surface area contributed by atoms with Crippen LogP contribution in [0.3, 0.4) is 0 Å². The Morgan fingerprint density at radius 1 is 1.13 bits per heavy atom. The summed E-state index contributed by atoms with van der Waals surface area (Å²) in [4.78, 5) is 27.3. The minimum atomic E-state index is -0.297. The molecule has 2 heterocycles. The van der Waals surface area contributed by atoms with Crippen molar-refractivity contribution in [1.29, 1.82) is 0 Å². The number of allylic oxidation sites excluding steroid dienone is 1. The zero-order valence-electron chi connectivity index (χ0n) is 17.1. The second-order valence-corrected chi connectivity index (χ2v) is 7.96. The highest BCUT2D eigenvalue weighted by Crippen LogP contribution is 2.20. The first kappa shape index (κ1) is 20.3. The number of aryl methyl sites for hydroxylation is 1. The van der Waals surface area contributed by atoms with Crippen molar-refractivity contribution >= 4 is 11.8 Å². The van der Waals surface area contributed by atoms with Gasteiger partial charge in [0.1, 0.15) is 11.5 Å². The Hall–Kier alpha value is -2.96. The molecule has 0 saturated carbocycles. The largest absolute Gasteiger partial charge is 0.350 e. The number of hydrogen-bond donors (Lipinski definition) is 1. The fourth-order valence-corrected chi connectivity index (χ4v) is 4.07. The Morgan fingerprint density at radius 2 is 1.97 bits per heavy atom. The molecule has 1 aliphatic carbocycles. The van der Waals surface area contributed by atoms with E-state index in [1.807, 2.05) is 0 Å². The Labute approximate surface area is 175 Å². The maximum atomic E-state index is 13.1. The molecule has 1 aliphatic heterocycles. The van der Waals surface area contributed by atoms with Crippen LogP contribution < -0.4 is 5.32 Å². The quantitative estimate of drug-likeness (QED) is 0.739. The molecule has 0 fully saturated rings. The third-order valence-electron chi connectivity index (χ3n) is 5.72. The van der Waals surface area contributed by atoms with Crippen molar-refractivity contribution in [2.45, 2.75) is 51.6 Å². The number of amides is 2. The van der Waals surface area contributed by atoms with E-state index in [0.717, 1.165) is 31.2 Å². The fourth-order valence-electron chi connectivity index (χ4n) is 4.07. The SMILES string of the molecule is O=C(NCCC1=CCCCC1)c1cc2n(n1)CCCN(Cc1ccc(F)cc1)C2=O. The monoisotopic (exact) mass is 410 g/mol. The maximum Gasteiger partial charge on any atom is 0.272 e. The second-order valence-electron chi connectivity index (χ2n) is 7.96. The van der Waals surface area contributed by atoms with Crippen molar-refractivity contribution in [2.24, 2.45) is 0 Å². The van der Waals surface area contributed by atoms with Crippen LogP contribution in [-0.4, -0.2) is 39.6 Å². The number of hydrogen-bond acceptors (Lipinski definition) is 3. The maximum absolute atomic E-state index is 13.1. The highest BCUT2D eigenvalue weighted by molar-refractivity contribution is 5.98. The van der Waals surface area contributed by atoms with E-state index >= 15 is 0 Å². The molecule has 158 valence electrons. The van der Waals surface area contributed by atoms with Crippen LogP contribution in [0.2, 0.25) is 0 Å². The zero-order chi connectivity index (χ0) is 20.9. The van der Waals surface area contributed by atoms with Crippen molar-refractivity contribution in [1.82, 2.24) is 20.0 Å². The molecule has 0 unspecified atom stereocenters. The summed E-state index contributed by atoms with van der Waals surface area (Å²) in [5.74, 6) is -0.699. The molecule has 1 N–H and O–H groups in total. The van der Waals surface area contributed by atoms with Crippen LogP contribution in [0.1, 0.15) is 65.1 Å². The summed E-state index contributed by atoms with van der Waals surface area (Å²) >= 11 is 0. The Morgan fingerprint density at radius 3 is 2.73 bits per heavy atom. The van der Waals surface area contributed by atoms with Crippen LogP contribution >= 0.6 is 0 Å². The first-order chi connectivity index (χ1) is 14.6. The topological polar surface area (TPSA) is 67.2 Å². The summed E-state index contributed by atoms with van der Waals surface area (Å²) in [5, 5.41) is 7.30. The van der Waals surface area contributed by atoms with Gasteiger partial charge in [0.05, 0.1) is 0 Å². The van der Waals surface area contributed by atoms with Gasteiger partial charge in [-0.05, 0) is 56.2 Å². The molecule has 0 atom stereocenters. The number of nitrogens with zero attached hydrogens (tertiary/aromatic N) is 3. The standard InChI is InChI=1S/C23H27FN4O2/c24-19-9-7-18(8-10-19)16-27-13-4-14-28-21(23(27)30)15-20(26-28)22(29)25-12-11-17-5-2-1-3-6-17/h5,7-10,15H,1-4,6,11-14,16H2,(H,25,29). The lowest BCUT2D eigenvalue weighted by Crippen LogP contribution is -2.30. The van der Waals surface area contributed by atoms with Crippen LogP contribution in [0.15, 0.2) is 42.0 Å². The van der Waals surface area contributed by atoms with Crippen LogP contribution in [0.25, 0.3) is 0 Å². The highest BCUT2D eigenvalue weighted by atomic mass is 19.1. The lowest BCUT2D eigenvalue weighted by atomic mass is 9.97. The molecule has 30 heavy (non-hydrogen) atoms. The van der Waals surface area contributed by atoms with Gasteiger partial charge in [0, 0.05) is 32.2 Å². The normalized spacial score (nSPS) is 16.6. The van der Waals surface area contributed by atoms with E-state index in [2.05, 4.69) is 16.5 Å². The van der Waals surface area contributed by atoms with Crippen molar-refractivity contribution in [2.75, 3.05) is 13.1 Å². The number of nitrogens with one attached hydrogen (secondary N) is 1. The summed E-state index contributed by atoms with van der Waals surface area (Å²) in [6.07, 6.45) is 8.62. The lowest BCUT2D eigenvalue weighted by Gasteiger charge is -2.20. The van der Waals surface area contributed by atoms with Gasteiger partial charge < -0.3 is 10.2 Å². The molecule has 0 saturated heterocycles. The molecular formula is C23H27FN4O2. The molecule has 4 rings (SSSR count). The molecule has 0 spiro atoms. The Balaban J connectivity index is 1.39. The number of carbonyl (C=O) groups excluding carboxylic acids is 2. The van der Waals surface area contributed by atoms with Crippen LogP contribution in [0, 0.1) is 5.82 Å². The molecule has 0 radical (unpaired) electrons. The fraction of sp³-hybridized carbons (Fsp3) is 0.435. The number of halogens is 1. The minimum absolute atomic E-state index is 0.157. The molecule has 2 aromatic rings.